The molecule has 1 atom stereocenters. The van der Waals surface area contributed by atoms with Crippen molar-refractivity contribution in [3.8, 4) is 0 Å². The quantitative estimate of drug-likeness (QED) is 0.893. The lowest BCUT2D eigenvalue weighted by Gasteiger charge is -2.28. The van der Waals surface area contributed by atoms with E-state index in [1.807, 2.05) is 6.92 Å². The summed E-state index contributed by atoms with van der Waals surface area (Å²) in [6.45, 7) is 2.46. The molecule has 8 heteroatoms. The van der Waals surface area contributed by atoms with E-state index in [9.17, 15) is 17.6 Å². The van der Waals surface area contributed by atoms with Crippen LogP contribution in [0.25, 0.3) is 11.0 Å². The second-order valence-electron chi connectivity index (χ2n) is 6.16. The predicted octanol–water partition coefficient (Wildman–Crippen LogP) is 2.13. The molecule has 3 rings (SSSR count). The molecule has 0 radical (unpaired) electrons. The van der Waals surface area contributed by atoms with Crippen LogP contribution >= 0.6 is 0 Å². The number of carbonyl (C=O) groups excluding carboxylic acids is 1. The zero-order valence-electron chi connectivity index (χ0n) is 13.5. The molecule has 0 spiro atoms. The average molecular weight is 353 g/mol. The minimum Gasteiger partial charge on any atom is -0.344 e. The number of amides is 1. The molecule has 0 saturated carbocycles. The van der Waals surface area contributed by atoms with Crippen molar-refractivity contribution in [2.75, 3.05) is 18.1 Å². The minimum atomic E-state index is -3.11. The van der Waals surface area contributed by atoms with Gasteiger partial charge in [-0.25, -0.2) is 17.8 Å². The summed E-state index contributed by atoms with van der Waals surface area (Å²) in [5.41, 5.74) is 1.03. The Balaban J connectivity index is 1.97. The van der Waals surface area contributed by atoms with Gasteiger partial charge in [-0.1, -0.05) is 13.3 Å². The molecule has 0 aliphatic carbocycles. The number of nitrogens with zero attached hydrogens (tertiary/aromatic N) is 2. The summed E-state index contributed by atoms with van der Waals surface area (Å²) >= 11 is 0. The number of sulfone groups is 1. The van der Waals surface area contributed by atoms with Crippen LogP contribution in [0.1, 0.15) is 36.5 Å². The molecule has 1 saturated heterocycles. The molecule has 2 aromatic rings. The van der Waals surface area contributed by atoms with Gasteiger partial charge < -0.3 is 9.88 Å². The van der Waals surface area contributed by atoms with Crippen LogP contribution in [-0.4, -0.2) is 53.3 Å². The van der Waals surface area contributed by atoms with Gasteiger partial charge in [0.25, 0.3) is 5.91 Å². The molecular weight excluding hydrogens is 333 g/mol. The normalized spacial score (nSPS) is 19.7. The van der Waals surface area contributed by atoms with Crippen LogP contribution in [0, 0.1) is 5.82 Å². The van der Waals surface area contributed by atoms with Crippen LogP contribution in [0.15, 0.2) is 18.5 Å². The third-order valence-corrected chi connectivity index (χ3v) is 6.13. The van der Waals surface area contributed by atoms with E-state index in [-0.39, 0.29) is 29.0 Å². The molecule has 0 unspecified atom stereocenters. The number of fused-ring (bicyclic) bond motifs is 1. The van der Waals surface area contributed by atoms with E-state index in [2.05, 4.69) is 9.97 Å². The maximum atomic E-state index is 13.8. The fraction of sp³-hybridized carbons (Fsp3) is 0.500. The van der Waals surface area contributed by atoms with Crippen molar-refractivity contribution in [2.45, 2.75) is 32.2 Å². The summed E-state index contributed by atoms with van der Waals surface area (Å²) in [4.78, 5) is 21.5. The first kappa shape index (κ1) is 16.9. The predicted molar refractivity (Wildman–Crippen MR) is 89.1 cm³/mol. The molecular formula is C16H20FN3O3S. The smallest absolute Gasteiger partial charge is 0.256 e. The topological polar surface area (TPSA) is 83.1 Å². The zero-order valence-corrected chi connectivity index (χ0v) is 14.3. The molecule has 1 amide bonds. The third kappa shape index (κ3) is 3.28. The summed E-state index contributed by atoms with van der Waals surface area (Å²) in [5.74, 6) is -0.817. The van der Waals surface area contributed by atoms with Gasteiger partial charge in [0.05, 0.1) is 28.9 Å². The monoisotopic (exact) mass is 353 g/mol. The number of carbonyl (C=O) groups is 1. The SMILES string of the molecule is CCCCN(C(=O)c1cc(F)cc2[nH]cnc12)[C@@H]1CCS(=O)(=O)C1. The summed E-state index contributed by atoms with van der Waals surface area (Å²) < 4.78 is 37.4. The number of rotatable bonds is 5. The van der Waals surface area contributed by atoms with E-state index >= 15 is 0 Å². The van der Waals surface area contributed by atoms with Crippen LogP contribution in [0.4, 0.5) is 4.39 Å². The van der Waals surface area contributed by atoms with Gasteiger partial charge in [-0.3, -0.25) is 4.79 Å². The average Bonchev–Trinajstić information content (AvgIpc) is 3.12. The van der Waals surface area contributed by atoms with Crippen LogP contribution in [0.3, 0.4) is 0 Å². The number of hydrogen-bond acceptors (Lipinski definition) is 4. The van der Waals surface area contributed by atoms with Gasteiger partial charge in [0.2, 0.25) is 0 Å². The maximum Gasteiger partial charge on any atom is 0.256 e. The molecule has 1 N–H and O–H groups in total. The summed E-state index contributed by atoms with van der Waals surface area (Å²) in [7, 11) is -3.11. The van der Waals surface area contributed by atoms with E-state index in [1.54, 1.807) is 4.90 Å². The fourth-order valence-corrected chi connectivity index (χ4v) is 4.86. The van der Waals surface area contributed by atoms with E-state index in [0.717, 1.165) is 12.8 Å². The molecule has 1 fully saturated rings. The highest BCUT2D eigenvalue weighted by Gasteiger charge is 2.35. The lowest BCUT2D eigenvalue weighted by atomic mass is 10.1. The molecule has 1 aliphatic rings. The summed E-state index contributed by atoms with van der Waals surface area (Å²) in [6.07, 6.45) is 3.49. The van der Waals surface area contributed by atoms with Crippen LogP contribution in [0.5, 0.6) is 0 Å². The third-order valence-electron chi connectivity index (χ3n) is 4.38. The molecule has 130 valence electrons. The van der Waals surface area contributed by atoms with Gasteiger partial charge >= 0.3 is 0 Å². The minimum absolute atomic E-state index is 0.0263. The molecule has 6 nitrogen and oxygen atoms in total. The van der Waals surface area contributed by atoms with Gasteiger partial charge in [0.15, 0.2) is 9.84 Å². The number of aromatic amines is 1. The number of nitrogens with one attached hydrogen (secondary N) is 1. The van der Waals surface area contributed by atoms with Gasteiger partial charge in [-0.2, -0.15) is 0 Å². The second-order valence-corrected chi connectivity index (χ2v) is 8.39. The first-order valence-electron chi connectivity index (χ1n) is 8.05. The Bertz CT molecular complexity index is 863. The van der Waals surface area contributed by atoms with Crippen molar-refractivity contribution < 1.29 is 17.6 Å². The van der Waals surface area contributed by atoms with E-state index in [1.165, 1.54) is 18.5 Å². The Kier molecular flexibility index (Phi) is 4.58. The molecule has 1 aromatic heterocycles. The highest BCUT2D eigenvalue weighted by Crippen LogP contribution is 2.24. The number of hydrogen-bond donors (Lipinski definition) is 1. The van der Waals surface area contributed by atoms with Gasteiger partial charge in [0, 0.05) is 12.6 Å². The Morgan fingerprint density at radius 3 is 2.92 bits per heavy atom. The first-order chi connectivity index (χ1) is 11.4. The van der Waals surface area contributed by atoms with Gasteiger partial charge in [0.1, 0.15) is 11.3 Å². The van der Waals surface area contributed by atoms with Crippen molar-refractivity contribution in [3.05, 3.63) is 29.8 Å². The lowest BCUT2D eigenvalue weighted by molar-refractivity contribution is 0.0695. The highest BCUT2D eigenvalue weighted by molar-refractivity contribution is 7.91. The number of imidazole rings is 1. The van der Waals surface area contributed by atoms with Crippen molar-refractivity contribution in [2.24, 2.45) is 0 Å². The van der Waals surface area contributed by atoms with E-state index in [0.29, 0.717) is 24.0 Å². The van der Waals surface area contributed by atoms with E-state index in [4.69, 9.17) is 0 Å². The fourth-order valence-electron chi connectivity index (χ4n) is 3.13. The number of benzene rings is 1. The van der Waals surface area contributed by atoms with Gasteiger partial charge in [-0.05, 0) is 25.0 Å². The Morgan fingerprint density at radius 1 is 1.46 bits per heavy atom. The summed E-state index contributed by atoms with van der Waals surface area (Å²) in [5, 5.41) is 0. The standard InChI is InChI=1S/C16H20FN3O3S/c1-2-3-5-20(12-4-6-24(22,23)9-12)16(21)13-7-11(17)8-14-15(13)19-10-18-14/h7-8,10,12H,2-6,9H2,1H3,(H,18,19)/t12-/m1/s1. The number of unbranched alkanes of at least 4 members (excludes halogenated alkanes) is 1. The second kappa shape index (κ2) is 6.51. The number of H-pyrrole nitrogens is 1. The molecule has 24 heavy (non-hydrogen) atoms. The molecule has 1 aliphatic heterocycles. The first-order valence-corrected chi connectivity index (χ1v) is 9.87. The number of halogens is 1. The van der Waals surface area contributed by atoms with Crippen molar-refractivity contribution in [1.82, 2.24) is 14.9 Å². The van der Waals surface area contributed by atoms with Gasteiger partial charge in [-0.15, -0.1) is 0 Å². The Hall–Kier alpha value is -1.96. The molecule has 2 heterocycles. The van der Waals surface area contributed by atoms with Crippen molar-refractivity contribution in [1.29, 1.82) is 0 Å². The maximum absolute atomic E-state index is 13.8. The lowest BCUT2D eigenvalue weighted by Crippen LogP contribution is -2.42. The van der Waals surface area contributed by atoms with Crippen molar-refractivity contribution >= 4 is 26.8 Å². The van der Waals surface area contributed by atoms with Crippen LogP contribution < -0.4 is 0 Å². The Labute approximate surface area is 140 Å². The largest absolute Gasteiger partial charge is 0.344 e. The number of aromatic nitrogens is 2. The Morgan fingerprint density at radius 2 is 2.25 bits per heavy atom. The van der Waals surface area contributed by atoms with Crippen molar-refractivity contribution in [3.63, 3.8) is 0 Å². The van der Waals surface area contributed by atoms with E-state index < -0.39 is 15.7 Å². The molecule has 0 bridgehead atoms. The zero-order chi connectivity index (χ0) is 17.3. The molecule has 1 aromatic carbocycles. The summed E-state index contributed by atoms with van der Waals surface area (Å²) in [6, 6.07) is 2.11. The highest BCUT2D eigenvalue weighted by atomic mass is 32.2. The van der Waals surface area contributed by atoms with Crippen LogP contribution in [-0.2, 0) is 9.84 Å². The van der Waals surface area contributed by atoms with Crippen LogP contribution in [0.2, 0.25) is 0 Å².